The summed E-state index contributed by atoms with van der Waals surface area (Å²) in [5, 5.41) is 11.6. The Balaban J connectivity index is 2.23. The van der Waals surface area contributed by atoms with Crippen molar-refractivity contribution in [3.8, 4) is 6.07 Å². The highest BCUT2D eigenvalue weighted by molar-refractivity contribution is 6.03. The largest absolute Gasteiger partial charge is 0.320 e. The second kappa shape index (κ2) is 5.32. The molecular weight excluding hydrogens is 238 g/mol. The molecule has 0 spiro atoms. The molecule has 2 rings (SSSR count). The van der Waals surface area contributed by atoms with Crippen molar-refractivity contribution in [2.24, 2.45) is 0 Å². The van der Waals surface area contributed by atoms with Gasteiger partial charge in [-0.05, 0) is 37.6 Å². The molecule has 2 aromatic rings. The molecule has 0 radical (unpaired) electrons. The van der Waals surface area contributed by atoms with Crippen LogP contribution in [0.1, 0.15) is 27.2 Å². The van der Waals surface area contributed by atoms with Crippen LogP contribution >= 0.6 is 0 Å². The molecule has 0 aliphatic heterocycles. The third kappa shape index (κ3) is 2.96. The van der Waals surface area contributed by atoms with Crippen molar-refractivity contribution in [1.29, 1.82) is 5.26 Å². The Morgan fingerprint density at radius 3 is 2.74 bits per heavy atom. The molecule has 1 aromatic carbocycles. The Hall–Kier alpha value is -2.67. The number of amides is 1. The molecule has 4 nitrogen and oxygen atoms in total. The van der Waals surface area contributed by atoms with Crippen molar-refractivity contribution in [3.63, 3.8) is 0 Å². The molecule has 1 heterocycles. The summed E-state index contributed by atoms with van der Waals surface area (Å²) >= 11 is 0. The number of aromatic nitrogens is 1. The predicted molar refractivity (Wildman–Crippen MR) is 72.8 cm³/mol. The third-order valence-corrected chi connectivity index (χ3v) is 2.75. The lowest BCUT2D eigenvalue weighted by atomic mass is 10.1. The number of benzene rings is 1. The molecule has 19 heavy (non-hydrogen) atoms. The van der Waals surface area contributed by atoms with Gasteiger partial charge in [-0.3, -0.25) is 9.78 Å². The first-order valence-corrected chi connectivity index (χ1v) is 5.85. The minimum atomic E-state index is -0.316. The van der Waals surface area contributed by atoms with Gasteiger partial charge < -0.3 is 5.32 Å². The van der Waals surface area contributed by atoms with Crippen molar-refractivity contribution in [3.05, 3.63) is 58.9 Å². The fraction of sp³-hybridized carbons (Fsp3) is 0.133. The summed E-state index contributed by atoms with van der Waals surface area (Å²) in [6.07, 6.45) is 1.45. The molecule has 1 amide bonds. The zero-order valence-electron chi connectivity index (χ0n) is 10.8. The summed E-state index contributed by atoms with van der Waals surface area (Å²) in [5.41, 5.74) is 3.53. The fourth-order valence-corrected chi connectivity index (χ4v) is 1.76. The van der Waals surface area contributed by atoms with E-state index in [2.05, 4.69) is 10.3 Å². The van der Waals surface area contributed by atoms with Gasteiger partial charge in [0.2, 0.25) is 0 Å². The number of nitriles is 1. The van der Waals surface area contributed by atoms with Crippen LogP contribution in [-0.4, -0.2) is 10.9 Å². The minimum absolute atomic E-state index is 0.235. The van der Waals surface area contributed by atoms with E-state index in [0.29, 0.717) is 5.56 Å². The van der Waals surface area contributed by atoms with Crippen molar-refractivity contribution >= 4 is 11.6 Å². The molecule has 0 unspecified atom stereocenters. The molecule has 0 bridgehead atoms. The first-order chi connectivity index (χ1) is 9.10. The lowest BCUT2D eigenvalue weighted by Crippen LogP contribution is -2.14. The van der Waals surface area contributed by atoms with Gasteiger partial charge in [-0.1, -0.05) is 17.7 Å². The monoisotopic (exact) mass is 251 g/mol. The summed E-state index contributed by atoms with van der Waals surface area (Å²) < 4.78 is 0. The maximum atomic E-state index is 12.0. The van der Waals surface area contributed by atoms with E-state index in [-0.39, 0.29) is 11.6 Å². The molecule has 0 fully saturated rings. The number of rotatable bonds is 2. The highest BCUT2D eigenvalue weighted by atomic mass is 16.1. The Morgan fingerprint density at radius 2 is 2.05 bits per heavy atom. The average molecular weight is 251 g/mol. The van der Waals surface area contributed by atoms with Crippen molar-refractivity contribution in [1.82, 2.24) is 4.98 Å². The topological polar surface area (TPSA) is 65.8 Å². The van der Waals surface area contributed by atoms with Gasteiger partial charge >= 0.3 is 0 Å². The van der Waals surface area contributed by atoms with Gasteiger partial charge in [0.05, 0.1) is 11.6 Å². The van der Waals surface area contributed by atoms with Crippen LogP contribution in [-0.2, 0) is 0 Å². The highest BCUT2D eigenvalue weighted by Gasteiger charge is 2.09. The van der Waals surface area contributed by atoms with Crippen LogP contribution in [0.5, 0.6) is 0 Å². The summed E-state index contributed by atoms with van der Waals surface area (Å²) in [6.45, 7) is 3.93. The molecule has 0 atom stereocenters. The Morgan fingerprint density at radius 1 is 1.26 bits per heavy atom. The smallest absolute Gasteiger partial charge is 0.274 e. The fourth-order valence-electron chi connectivity index (χ4n) is 1.76. The normalized spacial score (nSPS) is 9.74. The molecule has 0 aliphatic carbocycles. The van der Waals surface area contributed by atoms with Crippen molar-refractivity contribution < 1.29 is 4.79 Å². The number of nitrogens with zero attached hydrogens (tertiary/aromatic N) is 2. The molecule has 1 aromatic heterocycles. The number of nitrogens with one attached hydrogen (secondary N) is 1. The predicted octanol–water partition coefficient (Wildman–Crippen LogP) is 2.82. The first-order valence-electron chi connectivity index (χ1n) is 5.85. The number of carbonyl (C=O) groups is 1. The van der Waals surface area contributed by atoms with Gasteiger partial charge in [0, 0.05) is 11.9 Å². The summed E-state index contributed by atoms with van der Waals surface area (Å²) in [7, 11) is 0. The van der Waals surface area contributed by atoms with Crippen LogP contribution in [0.2, 0.25) is 0 Å². The van der Waals surface area contributed by atoms with Crippen LogP contribution in [0.15, 0.2) is 36.5 Å². The second-order valence-corrected chi connectivity index (χ2v) is 4.31. The molecule has 94 valence electrons. The van der Waals surface area contributed by atoms with E-state index < -0.39 is 0 Å². The maximum Gasteiger partial charge on any atom is 0.274 e. The van der Waals surface area contributed by atoms with Gasteiger partial charge in [-0.15, -0.1) is 0 Å². The van der Waals surface area contributed by atoms with E-state index in [1.807, 2.05) is 38.1 Å². The van der Waals surface area contributed by atoms with Gasteiger partial charge in [0.1, 0.15) is 5.69 Å². The quantitative estimate of drug-likeness (QED) is 0.892. The van der Waals surface area contributed by atoms with E-state index in [1.165, 1.54) is 12.3 Å². The zero-order valence-corrected chi connectivity index (χ0v) is 10.8. The number of carbonyl (C=O) groups excluding carboxylic acids is 1. The van der Waals surface area contributed by atoms with Gasteiger partial charge in [-0.25, -0.2) is 0 Å². The van der Waals surface area contributed by atoms with Crippen LogP contribution in [0, 0.1) is 25.2 Å². The number of hydrogen-bond donors (Lipinski definition) is 1. The lowest BCUT2D eigenvalue weighted by molar-refractivity contribution is 0.102. The van der Waals surface area contributed by atoms with E-state index in [9.17, 15) is 4.79 Å². The van der Waals surface area contributed by atoms with Gasteiger partial charge in [-0.2, -0.15) is 5.26 Å². The van der Waals surface area contributed by atoms with Crippen molar-refractivity contribution in [2.75, 3.05) is 5.32 Å². The zero-order chi connectivity index (χ0) is 13.8. The summed E-state index contributed by atoms with van der Waals surface area (Å²) in [6, 6.07) is 10.8. The average Bonchev–Trinajstić information content (AvgIpc) is 2.42. The van der Waals surface area contributed by atoms with Crippen LogP contribution in [0.4, 0.5) is 5.69 Å². The molecule has 0 aliphatic rings. The molecule has 4 heteroatoms. The van der Waals surface area contributed by atoms with Crippen molar-refractivity contribution in [2.45, 2.75) is 13.8 Å². The maximum absolute atomic E-state index is 12.0. The van der Waals surface area contributed by atoms with E-state index >= 15 is 0 Å². The number of pyridine rings is 1. The van der Waals surface area contributed by atoms with E-state index in [0.717, 1.165) is 16.8 Å². The summed E-state index contributed by atoms with van der Waals surface area (Å²) in [5.74, 6) is -0.316. The van der Waals surface area contributed by atoms with E-state index in [1.54, 1.807) is 6.07 Å². The molecule has 1 N–H and O–H groups in total. The Bertz CT molecular complexity index is 671. The SMILES string of the molecule is Cc1ccc(NC(=O)c2cc(C#N)ccn2)c(C)c1. The Kier molecular flexibility index (Phi) is 3.58. The van der Waals surface area contributed by atoms with Crippen LogP contribution < -0.4 is 5.32 Å². The minimum Gasteiger partial charge on any atom is -0.320 e. The van der Waals surface area contributed by atoms with Gasteiger partial charge in [0.15, 0.2) is 0 Å². The first kappa shape index (κ1) is 12.8. The number of aryl methyl sites for hydroxylation is 2. The number of anilines is 1. The lowest BCUT2D eigenvalue weighted by Gasteiger charge is -2.08. The van der Waals surface area contributed by atoms with E-state index in [4.69, 9.17) is 5.26 Å². The molecular formula is C15H13N3O. The van der Waals surface area contributed by atoms with Crippen LogP contribution in [0.3, 0.4) is 0 Å². The van der Waals surface area contributed by atoms with Crippen LogP contribution in [0.25, 0.3) is 0 Å². The second-order valence-electron chi connectivity index (χ2n) is 4.31. The summed E-state index contributed by atoms with van der Waals surface area (Å²) in [4.78, 5) is 16.0. The molecule has 0 saturated carbocycles. The number of hydrogen-bond acceptors (Lipinski definition) is 3. The third-order valence-electron chi connectivity index (χ3n) is 2.75. The molecule has 0 saturated heterocycles. The van der Waals surface area contributed by atoms with Gasteiger partial charge in [0.25, 0.3) is 5.91 Å². The Labute approximate surface area is 111 Å². The standard InChI is InChI=1S/C15H13N3O/c1-10-3-4-13(11(2)7-10)18-15(19)14-8-12(9-16)5-6-17-14/h3-8H,1-2H3,(H,18,19). The highest BCUT2D eigenvalue weighted by Crippen LogP contribution is 2.16.